The Bertz CT molecular complexity index is 1030. The quantitative estimate of drug-likeness (QED) is 0.771. The van der Waals surface area contributed by atoms with Gasteiger partial charge in [-0.15, -0.1) is 0 Å². The van der Waals surface area contributed by atoms with Gasteiger partial charge < -0.3 is 5.11 Å². The van der Waals surface area contributed by atoms with Crippen LogP contribution in [0.3, 0.4) is 0 Å². The molecular formula is C17H14N2O4. The number of aromatic nitrogens is 2. The van der Waals surface area contributed by atoms with Crippen molar-refractivity contribution in [3.05, 3.63) is 80.0 Å². The molecule has 0 saturated heterocycles. The van der Waals surface area contributed by atoms with E-state index < -0.39 is 17.2 Å². The van der Waals surface area contributed by atoms with Crippen LogP contribution in [0.4, 0.5) is 0 Å². The molecule has 6 nitrogen and oxygen atoms in total. The number of hydrogen-bond donors (Lipinski definition) is 2. The number of benzene rings is 2. The second kappa shape index (κ2) is 5.57. The fraction of sp³-hybridized carbons (Fsp3) is 0.118. The predicted molar refractivity (Wildman–Crippen MR) is 86.1 cm³/mol. The van der Waals surface area contributed by atoms with E-state index in [1.54, 1.807) is 30.3 Å². The van der Waals surface area contributed by atoms with Crippen LogP contribution in [0.1, 0.15) is 21.5 Å². The summed E-state index contributed by atoms with van der Waals surface area (Å²) < 4.78 is 1.44. The molecule has 0 saturated carbocycles. The van der Waals surface area contributed by atoms with Gasteiger partial charge in [-0.3, -0.25) is 14.3 Å². The van der Waals surface area contributed by atoms with E-state index in [0.717, 1.165) is 5.56 Å². The molecule has 0 aliphatic rings. The van der Waals surface area contributed by atoms with E-state index >= 15 is 0 Å². The molecule has 0 amide bonds. The molecule has 0 radical (unpaired) electrons. The molecule has 3 rings (SSSR count). The number of aromatic amines is 1. The van der Waals surface area contributed by atoms with Crippen molar-refractivity contribution in [2.45, 2.75) is 13.5 Å². The van der Waals surface area contributed by atoms with E-state index in [2.05, 4.69) is 4.98 Å². The van der Waals surface area contributed by atoms with Gasteiger partial charge >= 0.3 is 11.7 Å². The highest BCUT2D eigenvalue weighted by Gasteiger charge is 2.09. The first-order chi connectivity index (χ1) is 11.0. The van der Waals surface area contributed by atoms with Crippen molar-refractivity contribution in [1.82, 2.24) is 9.55 Å². The van der Waals surface area contributed by atoms with Gasteiger partial charge in [0.25, 0.3) is 5.56 Å². The normalized spacial score (nSPS) is 10.8. The van der Waals surface area contributed by atoms with E-state index in [0.29, 0.717) is 16.5 Å². The Morgan fingerprint density at radius 1 is 1.17 bits per heavy atom. The van der Waals surface area contributed by atoms with Crippen molar-refractivity contribution in [3.63, 3.8) is 0 Å². The number of H-pyrrole nitrogens is 1. The average molecular weight is 310 g/mol. The zero-order chi connectivity index (χ0) is 16.6. The van der Waals surface area contributed by atoms with Crippen LogP contribution in [-0.2, 0) is 6.54 Å². The molecule has 0 unspecified atom stereocenters. The molecule has 116 valence electrons. The lowest BCUT2D eigenvalue weighted by Crippen LogP contribution is -2.30. The molecule has 2 N–H and O–H groups in total. The minimum atomic E-state index is -1.03. The number of aromatic carboxylic acids is 1. The maximum atomic E-state index is 12.2. The van der Waals surface area contributed by atoms with Gasteiger partial charge in [0.1, 0.15) is 0 Å². The molecular weight excluding hydrogens is 296 g/mol. The number of rotatable bonds is 3. The summed E-state index contributed by atoms with van der Waals surface area (Å²) in [5.74, 6) is -1.03. The fourth-order valence-electron chi connectivity index (χ4n) is 2.54. The molecule has 2 aromatic carbocycles. The van der Waals surface area contributed by atoms with Crippen LogP contribution in [0.25, 0.3) is 10.9 Å². The Balaban J connectivity index is 2.19. The maximum Gasteiger partial charge on any atom is 0.335 e. The molecule has 0 atom stereocenters. The molecule has 0 aliphatic carbocycles. The van der Waals surface area contributed by atoms with Crippen molar-refractivity contribution in [2.75, 3.05) is 0 Å². The third-order valence-electron chi connectivity index (χ3n) is 3.67. The number of nitrogens with zero attached hydrogens (tertiary/aromatic N) is 1. The van der Waals surface area contributed by atoms with Crippen LogP contribution >= 0.6 is 0 Å². The summed E-state index contributed by atoms with van der Waals surface area (Å²) in [6, 6.07) is 11.6. The Morgan fingerprint density at radius 3 is 2.70 bits per heavy atom. The van der Waals surface area contributed by atoms with E-state index in [1.807, 2.05) is 6.92 Å². The van der Waals surface area contributed by atoms with Gasteiger partial charge in [-0.25, -0.2) is 9.59 Å². The second-order valence-electron chi connectivity index (χ2n) is 5.37. The van der Waals surface area contributed by atoms with Crippen molar-refractivity contribution in [1.29, 1.82) is 0 Å². The molecule has 6 heteroatoms. The van der Waals surface area contributed by atoms with Gasteiger partial charge in [-0.05, 0) is 42.3 Å². The minimum absolute atomic E-state index is 0.153. The van der Waals surface area contributed by atoms with Gasteiger partial charge in [0.05, 0.1) is 23.0 Å². The Kier molecular flexibility index (Phi) is 3.57. The van der Waals surface area contributed by atoms with Crippen LogP contribution in [0.5, 0.6) is 0 Å². The number of carboxylic acids is 1. The highest BCUT2D eigenvalue weighted by Crippen LogP contribution is 2.13. The van der Waals surface area contributed by atoms with E-state index in [-0.39, 0.29) is 12.1 Å². The van der Waals surface area contributed by atoms with Gasteiger partial charge in [-0.2, -0.15) is 0 Å². The smallest absolute Gasteiger partial charge is 0.335 e. The third-order valence-corrected chi connectivity index (χ3v) is 3.67. The van der Waals surface area contributed by atoms with Crippen molar-refractivity contribution in [2.24, 2.45) is 0 Å². The Morgan fingerprint density at radius 2 is 1.96 bits per heavy atom. The van der Waals surface area contributed by atoms with Crippen molar-refractivity contribution in [3.8, 4) is 0 Å². The first kappa shape index (κ1) is 14.8. The first-order valence-electron chi connectivity index (χ1n) is 7.01. The van der Waals surface area contributed by atoms with Gasteiger partial charge in [0, 0.05) is 0 Å². The van der Waals surface area contributed by atoms with Crippen molar-refractivity contribution >= 4 is 16.9 Å². The average Bonchev–Trinajstić information content (AvgIpc) is 2.51. The summed E-state index contributed by atoms with van der Waals surface area (Å²) in [5.41, 5.74) is 1.33. The van der Waals surface area contributed by atoms with E-state index in [4.69, 9.17) is 5.11 Å². The molecule has 0 aliphatic heterocycles. The second-order valence-corrected chi connectivity index (χ2v) is 5.37. The molecule has 0 bridgehead atoms. The first-order valence-corrected chi connectivity index (χ1v) is 7.01. The number of carbonyl (C=O) groups is 1. The van der Waals surface area contributed by atoms with Crippen molar-refractivity contribution < 1.29 is 9.90 Å². The number of nitrogens with one attached hydrogen (secondary N) is 1. The minimum Gasteiger partial charge on any atom is -0.478 e. The number of hydrogen-bond acceptors (Lipinski definition) is 3. The number of carboxylic acid groups (broad SMARTS) is 1. The Labute approximate surface area is 130 Å². The largest absolute Gasteiger partial charge is 0.478 e. The summed E-state index contributed by atoms with van der Waals surface area (Å²) in [4.78, 5) is 37.4. The third kappa shape index (κ3) is 2.78. The summed E-state index contributed by atoms with van der Waals surface area (Å²) in [5, 5.41) is 9.48. The summed E-state index contributed by atoms with van der Waals surface area (Å²) >= 11 is 0. The molecule has 1 aromatic heterocycles. The topological polar surface area (TPSA) is 92.2 Å². The summed E-state index contributed by atoms with van der Waals surface area (Å²) in [7, 11) is 0. The zero-order valence-electron chi connectivity index (χ0n) is 12.4. The number of aryl methyl sites for hydroxylation is 1. The maximum absolute atomic E-state index is 12.2. The fourth-order valence-corrected chi connectivity index (χ4v) is 2.54. The van der Waals surface area contributed by atoms with Crippen LogP contribution in [0.2, 0.25) is 0 Å². The van der Waals surface area contributed by atoms with Gasteiger partial charge in [-0.1, -0.05) is 18.2 Å². The van der Waals surface area contributed by atoms with Crippen LogP contribution in [0.15, 0.2) is 52.1 Å². The number of fused-ring (bicyclic) bond motifs is 1. The molecule has 1 heterocycles. The molecule has 0 spiro atoms. The van der Waals surface area contributed by atoms with Crippen LogP contribution in [0, 0.1) is 6.92 Å². The lowest BCUT2D eigenvalue weighted by Gasteiger charge is -2.10. The molecule has 0 fully saturated rings. The van der Waals surface area contributed by atoms with Crippen LogP contribution < -0.4 is 11.2 Å². The highest BCUT2D eigenvalue weighted by molar-refractivity contribution is 5.87. The van der Waals surface area contributed by atoms with E-state index in [9.17, 15) is 14.4 Å². The zero-order valence-corrected chi connectivity index (χ0v) is 12.4. The lowest BCUT2D eigenvalue weighted by atomic mass is 10.1. The van der Waals surface area contributed by atoms with Crippen LogP contribution in [-0.4, -0.2) is 20.6 Å². The molecule has 3 aromatic rings. The monoisotopic (exact) mass is 310 g/mol. The highest BCUT2D eigenvalue weighted by atomic mass is 16.4. The van der Waals surface area contributed by atoms with Gasteiger partial charge in [0.15, 0.2) is 0 Å². The van der Waals surface area contributed by atoms with Gasteiger partial charge in [0.2, 0.25) is 0 Å². The summed E-state index contributed by atoms with van der Waals surface area (Å²) in [6.07, 6.45) is 0. The summed E-state index contributed by atoms with van der Waals surface area (Å²) in [6.45, 7) is 2.05. The SMILES string of the molecule is Cc1ccc2c(=O)[nH]c(=O)n(Cc3cccc(C(=O)O)c3)c2c1. The lowest BCUT2D eigenvalue weighted by molar-refractivity contribution is 0.0696. The standard InChI is InChI=1S/C17H14N2O4/c1-10-5-6-13-14(7-10)19(17(23)18-15(13)20)9-11-3-2-4-12(8-11)16(21)22/h2-8H,9H2,1H3,(H,21,22)(H,18,20,23). The predicted octanol–water partition coefficient (Wildman–Crippen LogP) is 1.74. The van der Waals surface area contributed by atoms with E-state index in [1.165, 1.54) is 16.7 Å². The molecule has 23 heavy (non-hydrogen) atoms. The Hall–Kier alpha value is -3.15.